The predicted octanol–water partition coefficient (Wildman–Crippen LogP) is 5.87. The van der Waals surface area contributed by atoms with Gasteiger partial charge in [0.25, 0.3) is 0 Å². The molecule has 3 nitrogen and oxygen atoms in total. The molecule has 3 fully saturated rings. The van der Waals surface area contributed by atoms with Gasteiger partial charge in [0.1, 0.15) is 6.10 Å². The van der Waals surface area contributed by atoms with Crippen LogP contribution in [-0.2, 0) is 14.3 Å². The van der Waals surface area contributed by atoms with Crippen molar-refractivity contribution in [3.63, 3.8) is 0 Å². The van der Waals surface area contributed by atoms with Gasteiger partial charge in [-0.3, -0.25) is 9.59 Å². The summed E-state index contributed by atoms with van der Waals surface area (Å²) in [5.41, 5.74) is 1.82. The second-order valence-electron chi connectivity index (χ2n) is 9.42. The van der Waals surface area contributed by atoms with Crippen molar-refractivity contribution in [2.45, 2.75) is 98.5 Å². The summed E-state index contributed by atoms with van der Waals surface area (Å²) in [6.07, 6.45) is 11.3. The molecule has 152 valence electrons. The molecule has 0 saturated heterocycles. The Labute approximate surface area is 165 Å². The molecule has 4 aliphatic carbocycles. The predicted molar refractivity (Wildman–Crippen MR) is 108 cm³/mol. The Kier molecular flexibility index (Phi) is 5.89. The van der Waals surface area contributed by atoms with Gasteiger partial charge in [-0.2, -0.15) is 0 Å². The fraction of sp³-hybridized carbons (Fsp3) is 0.833. The van der Waals surface area contributed by atoms with Crippen LogP contribution in [0.2, 0.25) is 0 Å². The molecule has 3 heteroatoms. The molecule has 0 spiro atoms. The van der Waals surface area contributed by atoms with Crippen LogP contribution in [0.4, 0.5) is 0 Å². The molecule has 27 heavy (non-hydrogen) atoms. The molecule has 0 aromatic carbocycles. The van der Waals surface area contributed by atoms with E-state index in [-0.39, 0.29) is 22.9 Å². The molecule has 0 heterocycles. The molecule has 0 aromatic heterocycles. The number of carbonyl (C=O) groups is 2. The SMILES string of the molecule is CC.CCC(=O)O[C@H]1CCC2C3CCC4=CC(=O)CCC4(C)C3CCC21C. The molecule has 5 unspecified atom stereocenters. The Bertz CT molecular complexity index is 621. The fourth-order valence-electron chi connectivity index (χ4n) is 6.95. The number of hydrogen-bond acceptors (Lipinski definition) is 3. The maximum Gasteiger partial charge on any atom is 0.305 e. The molecule has 0 aliphatic heterocycles. The molecule has 6 atom stereocenters. The number of fused-ring (bicyclic) bond motifs is 5. The average molecular weight is 375 g/mol. The van der Waals surface area contributed by atoms with Gasteiger partial charge in [-0.1, -0.05) is 40.2 Å². The minimum atomic E-state index is -0.0411. The maximum absolute atomic E-state index is 11.9. The van der Waals surface area contributed by atoms with Crippen LogP contribution in [-0.4, -0.2) is 17.9 Å². The summed E-state index contributed by atoms with van der Waals surface area (Å²) in [5, 5.41) is 0. The number of ketones is 1. The standard InChI is InChI=1S/C22H32O3.C2H6/c1-4-20(24)25-19-8-7-17-16-6-5-14-13-15(23)9-11-21(14,2)18(16)10-12-22(17,19)3;1-2/h13,16-19H,4-12H2,1-3H3;1-2H3/t16?,17?,18?,19-,21?,22?;/m0./s1. The van der Waals surface area contributed by atoms with Gasteiger partial charge in [0.05, 0.1) is 0 Å². The van der Waals surface area contributed by atoms with Gasteiger partial charge >= 0.3 is 5.97 Å². The van der Waals surface area contributed by atoms with Crippen molar-refractivity contribution in [1.29, 1.82) is 0 Å². The zero-order valence-electron chi connectivity index (χ0n) is 18.0. The highest BCUT2D eigenvalue weighted by Crippen LogP contribution is 2.65. The largest absolute Gasteiger partial charge is 0.462 e. The van der Waals surface area contributed by atoms with E-state index < -0.39 is 0 Å². The lowest BCUT2D eigenvalue weighted by Crippen LogP contribution is -2.51. The second kappa shape index (κ2) is 7.72. The van der Waals surface area contributed by atoms with Crippen molar-refractivity contribution in [3.05, 3.63) is 11.6 Å². The van der Waals surface area contributed by atoms with Crippen molar-refractivity contribution >= 4 is 11.8 Å². The summed E-state index contributed by atoms with van der Waals surface area (Å²) in [6, 6.07) is 0. The van der Waals surface area contributed by atoms with E-state index in [1.165, 1.54) is 24.8 Å². The van der Waals surface area contributed by atoms with Crippen LogP contribution in [0.25, 0.3) is 0 Å². The molecule has 0 bridgehead atoms. The Morgan fingerprint density at radius 3 is 2.52 bits per heavy atom. The Morgan fingerprint density at radius 1 is 1.07 bits per heavy atom. The van der Waals surface area contributed by atoms with Crippen molar-refractivity contribution in [3.8, 4) is 0 Å². The van der Waals surface area contributed by atoms with E-state index in [2.05, 4.69) is 13.8 Å². The first kappa shape index (κ1) is 20.6. The quantitative estimate of drug-likeness (QED) is 0.568. The monoisotopic (exact) mass is 374 g/mol. The molecule has 0 radical (unpaired) electrons. The van der Waals surface area contributed by atoms with E-state index in [0.29, 0.717) is 24.0 Å². The van der Waals surface area contributed by atoms with Crippen molar-refractivity contribution in [1.82, 2.24) is 0 Å². The molecule has 0 aromatic rings. The van der Waals surface area contributed by atoms with Crippen LogP contribution in [0.5, 0.6) is 0 Å². The molecule has 4 rings (SSSR count). The molecule has 0 N–H and O–H groups in total. The summed E-state index contributed by atoms with van der Waals surface area (Å²) in [4.78, 5) is 23.8. The third-order valence-corrected chi connectivity index (χ3v) is 8.44. The molecular formula is C24H38O3. The van der Waals surface area contributed by atoms with Gasteiger partial charge in [0.2, 0.25) is 0 Å². The summed E-state index contributed by atoms with van der Waals surface area (Å²) in [6.45, 7) is 10.7. The van der Waals surface area contributed by atoms with Crippen LogP contribution >= 0.6 is 0 Å². The number of hydrogen-bond donors (Lipinski definition) is 0. The molecular weight excluding hydrogens is 336 g/mol. The highest BCUT2D eigenvalue weighted by Gasteiger charge is 2.59. The van der Waals surface area contributed by atoms with Crippen molar-refractivity contribution in [2.75, 3.05) is 0 Å². The molecule has 3 saturated carbocycles. The number of carbonyl (C=O) groups excluding carboxylic acids is 2. The minimum Gasteiger partial charge on any atom is -0.462 e. The summed E-state index contributed by atoms with van der Waals surface area (Å²) >= 11 is 0. The first-order valence-corrected chi connectivity index (χ1v) is 11.3. The van der Waals surface area contributed by atoms with Crippen molar-refractivity contribution < 1.29 is 14.3 Å². The first-order chi connectivity index (χ1) is 12.9. The van der Waals surface area contributed by atoms with Crippen LogP contribution < -0.4 is 0 Å². The minimum absolute atomic E-state index is 0.0411. The second-order valence-corrected chi connectivity index (χ2v) is 9.42. The van der Waals surface area contributed by atoms with E-state index in [1.54, 1.807) is 0 Å². The van der Waals surface area contributed by atoms with Crippen LogP contribution in [0, 0.1) is 28.6 Å². The lowest BCUT2D eigenvalue weighted by Gasteiger charge is -2.57. The average Bonchev–Trinajstić information content (AvgIpc) is 3.00. The van der Waals surface area contributed by atoms with Crippen LogP contribution in [0.3, 0.4) is 0 Å². The topological polar surface area (TPSA) is 43.4 Å². The smallest absolute Gasteiger partial charge is 0.305 e. The Hall–Kier alpha value is -1.12. The van der Waals surface area contributed by atoms with Gasteiger partial charge < -0.3 is 4.74 Å². The number of allylic oxidation sites excluding steroid dienone is 1. The van der Waals surface area contributed by atoms with E-state index in [1.807, 2.05) is 26.8 Å². The first-order valence-electron chi connectivity index (χ1n) is 11.3. The third kappa shape index (κ3) is 3.29. The number of ether oxygens (including phenoxy) is 1. The molecule has 4 aliphatic rings. The maximum atomic E-state index is 11.9. The zero-order chi connectivity index (χ0) is 19.8. The summed E-state index contributed by atoms with van der Waals surface area (Å²) in [7, 11) is 0. The fourth-order valence-corrected chi connectivity index (χ4v) is 6.95. The normalized spacial score (nSPS) is 42.7. The lowest BCUT2D eigenvalue weighted by atomic mass is 9.47. The molecule has 0 amide bonds. The third-order valence-electron chi connectivity index (χ3n) is 8.44. The Balaban J connectivity index is 0.00000102. The van der Waals surface area contributed by atoms with Gasteiger partial charge in [-0.15, -0.1) is 0 Å². The van der Waals surface area contributed by atoms with Gasteiger partial charge in [0.15, 0.2) is 5.78 Å². The highest BCUT2D eigenvalue weighted by atomic mass is 16.5. The van der Waals surface area contributed by atoms with Crippen molar-refractivity contribution in [2.24, 2.45) is 28.6 Å². The van der Waals surface area contributed by atoms with E-state index in [9.17, 15) is 9.59 Å². The van der Waals surface area contributed by atoms with Crippen LogP contribution in [0.1, 0.15) is 92.4 Å². The van der Waals surface area contributed by atoms with Gasteiger partial charge in [0, 0.05) is 18.3 Å². The highest BCUT2D eigenvalue weighted by molar-refractivity contribution is 5.91. The number of rotatable bonds is 2. The van der Waals surface area contributed by atoms with E-state index in [4.69, 9.17) is 4.74 Å². The van der Waals surface area contributed by atoms with E-state index in [0.717, 1.165) is 38.0 Å². The zero-order valence-corrected chi connectivity index (χ0v) is 18.0. The van der Waals surface area contributed by atoms with Gasteiger partial charge in [-0.25, -0.2) is 0 Å². The van der Waals surface area contributed by atoms with Crippen LogP contribution in [0.15, 0.2) is 11.6 Å². The lowest BCUT2D eigenvalue weighted by molar-refractivity contribution is -0.159. The summed E-state index contributed by atoms with van der Waals surface area (Å²) < 4.78 is 5.86. The number of esters is 1. The Morgan fingerprint density at radius 2 is 1.81 bits per heavy atom. The van der Waals surface area contributed by atoms with Gasteiger partial charge in [-0.05, 0) is 74.2 Å². The summed E-state index contributed by atoms with van der Waals surface area (Å²) in [5.74, 6) is 2.41. The van der Waals surface area contributed by atoms with E-state index >= 15 is 0 Å².